The maximum Gasteiger partial charge on any atom is 0.170 e. The highest BCUT2D eigenvalue weighted by atomic mass is 16.5. The van der Waals surface area contributed by atoms with Gasteiger partial charge in [0, 0.05) is 18.7 Å². The molecular weight excluding hydrogens is 262 g/mol. The van der Waals surface area contributed by atoms with Crippen LogP contribution >= 0.6 is 0 Å². The van der Waals surface area contributed by atoms with Crippen LogP contribution in [0.4, 0.5) is 5.69 Å². The lowest BCUT2D eigenvalue weighted by molar-refractivity contribution is 0.177. The number of ether oxygens (including phenoxy) is 1. The Morgan fingerprint density at radius 1 is 1.29 bits per heavy atom. The monoisotopic (exact) mass is 281 g/mol. The Labute approximate surface area is 125 Å². The van der Waals surface area contributed by atoms with Crippen molar-refractivity contribution in [2.24, 2.45) is 5.41 Å². The van der Waals surface area contributed by atoms with Gasteiger partial charge < -0.3 is 9.64 Å². The van der Waals surface area contributed by atoms with Crippen molar-refractivity contribution in [2.45, 2.75) is 37.8 Å². The molecule has 0 aliphatic carbocycles. The Morgan fingerprint density at radius 2 is 2.00 bits per heavy atom. The molecular formula is C17H19N3O. The van der Waals surface area contributed by atoms with Gasteiger partial charge in [0.1, 0.15) is 0 Å². The fourth-order valence-corrected chi connectivity index (χ4v) is 4.04. The first-order valence-corrected chi connectivity index (χ1v) is 7.38. The minimum Gasteiger partial charge on any atom is -0.383 e. The lowest BCUT2D eigenvalue weighted by atomic mass is 9.66. The second-order valence-electron chi connectivity index (χ2n) is 5.98. The summed E-state index contributed by atoms with van der Waals surface area (Å²) in [4.78, 5) is 2.27. The number of fused-ring (bicyclic) bond motifs is 3. The second kappa shape index (κ2) is 5.06. The van der Waals surface area contributed by atoms with Crippen molar-refractivity contribution in [2.75, 3.05) is 18.6 Å². The van der Waals surface area contributed by atoms with Gasteiger partial charge in [0.05, 0.1) is 30.8 Å². The fraction of sp³-hybridized carbons (Fsp3) is 0.529. The van der Waals surface area contributed by atoms with Crippen LogP contribution in [0.15, 0.2) is 24.3 Å². The van der Waals surface area contributed by atoms with Gasteiger partial charge >= 0.3 is 0 Å². The predicted octanol–water partition coefficient (Wildman–Crippen LogP) is 2.82. The maximum absolute atomic E-state index is 9.77. The fourth-order valence-electron chi connectivity index (χ4n) is 4.04. The number of nitrogens with zero attached hydrogens (tertiary/aromatic N) is 3. The van der Waals surface area contributed by atoms with E-state index < -0.39 is 5.41 Å². The van der Waals surface area contributed by atoms with Gasteiger partial charge in [0.25, 0.3) is 0 Å². The molecule has 3 atom stereocenters. The van der Waals surface area contributed by atoms with Crippen LogP contribution in [-0.4, -0.2) is 25.8 Å². The highest BCUT2D eigenvalue weighted by Crippen LogP contribution is 2.53. The average Bonchev–Trinajstić information content (AvgIpc) is 2.94. The molecule has 0 spiro atoms. The molecule has 0 amide bonds. The first-order chi connectivity index (χ1) is 10.2. The van der Waals surface area contributed by atoms with Gasteiger partial charge in [-0.1, -0.05) is 25.1 Å². The topological polar surface area (TPSA) is 60.0 Å². The zero-order valence-electron chi connectivity index (χ0n) is 12.4. The molecule has 1 saturated heterocycles. The van der Waals surface area contributed by atoms with Gasteiger partial charge in [-0.2, -0.15) is 10.5 Å². The van der Waals surface area contributed by atoms with Crippen molar-refractivity contribution < 1.29 is 4.74 Å². The molecule has 0 radical (unpaired) electrons. The van der Waals surface area contributed by atoms with Crippen LogP contribution < -0.4 is 4.90 Å². The van der Waals surface area contributed by atoms with Gasteiger partial charge in [-0.05, 0) is 24.5 Å². The quantitative estimate of drug-likeness (QED) is 0.836. The summed E-state index contributed by atoms with van der Waals surface area (Å²) < 4.78 is 5.34. The third kappa shape index (κ3) is 1.76. The van der Waals surface area contributed by atoms with E-state index in [0.717, 1.165) is 24.1 Å². The summed E-state index contributed by atoms with van der Waals surface area (Å²) in [5.74, 6) is -0.0776. The summed E-state index contributed by atoms with van der Waals surface area (Å²) in [5.41, 5.74) is 1.28. The summed E-state index contributed by atoms with van der Waals surface area (Å²) >= 11 is 0. The summed E-state index contributed by atoms with van der Waals surface area (Å²) in [6.45, 7) is 2.64. The molecule has 1 aromatic rings. The van der Waals surface area contributed by atoms with Crippen LogP contribution in [0.2, 0.25) is 0 Å². The number of rotatable bonds is 2. The number of anilines is 1. The van der Waals surface area contributed by atoms with Gasteiger partial charge in [-0.3, -0.25) is 0 Å². The van der Waals surface area contributed by atoms with Gasteiger partial charge in [-0.15, -0.1) is 0 Å². The zero-order chi connectivity index (χ0) is 15.0. The highest BCUT2D eigenvalue weighted by Gasteiger charge is 2.56. The lowest BCUT2D eigenvalue weighted by Gasteiger charge is -2.46. The molecule has 4 nitrogen and oxygen atoms in total. The zero-order valence-corrected chi connectivity index (χ0v) is 12.4. The smallest absolute Gasteiger partial charge is 0.170 e. The summed E-state index contributed by atoms with van der Waals surface area (Å²) in [5, 5.41) is 19.5. The predicted molar refractivity (Wildman–Crippen MR) is 79.7 cm³/mol. The van der Waals surface area contributed by atoms with Crippen molar-refractivity contribution in [1.82, 2.24) is 0 Å². The molecule has 21 heavy (non-hydrogen) atoms. The molecule has 0 bridgehead atoms. The van der Waals surface area contributed by atoms with Crippen LogP contribution in [-0.2, 0) is 4.74 Å². The molecule has 0 unspecified atom stereocenters. The van der Waals surface area contributed by atoms with Crippen molar-refractivity contribution in [3.63, 3.8) is 0 Å². The van der Waals surface area contributed by atoms with Gasteiger partial charge in [-0.25, -0.2) is 0 Å². The van der Waals surface area contributed by atoms with Crippen LogP contribution in [0.5, 0.6) is 0 Å². The Bertz CT molecular complexity index is 614. The first kappa shape index (κ1) is 13.9. The van der Waals surface area contributed by atoms with E-state index in [2.05, 4.69) is 23.1 Å². The summed E-state index contributed by atoms with van der Waals surface area (Å²) in [6, 6.07) is 13.1. The third-order valence-electron chi connectivity index (χ3n) is 5.12. The number of benzene rings is 1. The highest BCUT2D eigenvalue weighted by molar-refractivity contribution is 5.63. The first-order valence-electron chi connectivity index (χ1n) is 7.38. The lowest BCUT2D eigenvalue weighted by Crippen LogP contribution is -2.53. The standard InChI is InChI=1S/C17H19N3O/c1-12-14-5-3-4-6-15(14)20-13(9-21-2)7-8-16(20)17(12,10-18)11-19/h3-6,12-13,16H,7-9H2,1-2H3/t12-,13+,16-/m1/s1. The molecule has 2 aliphatic heterocycles. The third-order valence-corrected chi connectivity index (χ3v) is 5.12. The van der Waals surface area contributed by atoms with E-state index in [1.54, 1.807) is 7.11 Å². The number of para-hydroxylation sites is 1. The molecule has 0 saturated carbocycles. The maximum atomic E-state index is 9.77. The molecule has 0 N–H and O–H groups in total. The van der Waals surface area contributed by atoms with Crippen LogP contribution in [0, 0.1) is 28.1 Å². The normalized spacial score (nSPS) is 29.1. The Morgan fingerprint density at radius 3 is 2.67 bits per heavy atom. The second-order valence-corrected chi connectivity index (χ2v) is 5.98. The minimum atomic E-state index is -0.975. The van der Waals surface area contributed by atoms with Crippen LogP contribution in [0.25, 0.3) is 0 Å². The van der Waals surface area contributed by atoms with E-state index >= 15 is 0 Å². The number of hydrogen-bond donors (Lipinski definition) is 0. The van der Waals surface area contributed by atoms with Gasteiger partial charge in [0.15, 0.2) is 5.41 Å². The van der Waals surface area contributed by atoms with Crippen molar-refractivity contribution in [3.8, 4) is 12.1 Å². The molecule has 1 aromatic carbocycles. The molecule has 4 heteroatoms. The SMILES string of the molecule is COC[C@@H]1CC[C@H]2N1c1ccccc1[C@@H](C)C2(C#N)C#N. The molecule has 2 heterocycles. The Balaban J connectivity index is 2.18. The number of hydrogen-bond acceptors (Lipinski definition) is 4. The average molecular weight is 281 g/mol. The minimum absolute atomic E-state index is 0.0439. The van der Waals surface area contributed by atoms with E-state index in [9.17, 15) is 10.5 Å². The molecule has 108 valence electrons. The van der Waals surface area contributed by atoms with E-state index in [1.165, 1.54) is 0 Å². The number of nitriles is 2. The molecule has 2 aliphatic rings. The van der Waals surface area contributed by atoms with Crippen LogP contribution in [0.1, 0.15) is 31.2 Å². The van der Waals surface area contributed by atoms with Crippen LogP contribution in [0.3, 0.4) is 0 Å². The Kier molecular flexibility index (Phi) is 3.35. The largest absolute Gasteiger partial charge is 0.383 e. The van der Waals surface area contributed by atoms with Crippen molar-refractivity contribution in [1.29, 1.82) is 10.5 Å². The Hall–Kier alpha value is -2.04. The van der Waals surface area contributed by atoms with Crippen molar-refractivity contribution >= 4 is 5.69 Å². The van der Waals surface area contributed by atoms with E-state index in [1.807, 2.05) is 25.1 Å². The number of methoxy groups -OCH3 is 1. The van der Waals surface area contributed by atoms with E-state index in [-0.39, 0.29) is 18.0 Å². The molecule has 3 rings (SSSR count). The van der Waals surface area contributed by atoms with Gasteiger partial charge in [0.2, 0.25) is 0 Å². The van der Waals surface area contributed by atoms with Crippen molar-refractivity contribution in [3.05, 3.63) is 29.8 Å². The molecule has 0 aromatic heterocycles. The summed E-state index contributed by atoms with van der Waals surface area (Å²) in [7, 11) is 1.70. The van der Waals surface area contributed by atoms with E-state index in [4.69, 9.17) is 4.74 Å². The summed E-state index contributed by atoms with van der Waals surface area (Å²) in [6.07, 6.45) is 1.83. The van der Waals surface area contributed by atoms with E-state index in [0.29, 0.717) is 6.61 Å². The molecule has 1 fully saturated rings.